The van der Waals surface area contributed by atoms with Crippen LogP contribution in [0.5, 0.6) is 0 Å². The normalized spacial score (nSPS) is 18.1. The summed E-state index contributed by atoms with van der Waals surface area (Å²) in [5, 5.41) is 0.361. The second-order valence-electron chi connectivity index (χ2n) is 4.87. The van der Waals surface area contributed by atoms with E-state index in [2.05, 4.69) is 4.98 Å². The Bertz CT molecular complexity index is 540. The van der Waals surface area contributed by atoms with E-state index < -0.39 is 12.0 Å². The predicted molar refractivity (Wildman–Crippen MR) is 72.7 cm³/mol. The average Bonchev–Trinajstić information content (AvgIpc) is 2.42. The molecule has 114 valence electrons. The van der Waals surface area contributed by atoms with Gasteiger partial charge in [-0.3, -0.25) is 4.79 Å². The third-order valence-corrected chi connectivity index (χ3v) is 3.48. The molecule has 21 heavy (non-hydrogen) atoms. The van der Waals surface area contributed by atoms with Crippen LogP contribution in [-0.2, 0) is 11.3 Å². The Kier molecular flexibility index (Phi) is 4.88. The van der Waals surface area contributed by atoms with Gasteiger partial charge < -0.3 is 4.90 Å². The molecule has 0 aromatic carbocycles. The Morgan fingerprint density at radius 1 is 1.38 bits per heavy atom. The van der Waals surface area contributed by atoms with Gasteiger partial charge in [-0.1, -0.05) is 17.7 Å². The Morgan fingerprint density at radius 3 is 2.76 bits per heavy atom. The molecule has 1 aliphatic rings. The maximum Gasteiger partial charge on any atom is 0.454 e. The Hall–Kier alpha value is -1.56. The number of nitrogens with zero attached hydrogens (tertiary/aromatic N) is 2. The topological polar surface area (TPSA) is 33.2 Å². The number of aromatic nitrogens is 1. The number of rotatable bonds is 3. The standard InChI is InChI=1S/C14H14ClF3N2O/c15-13-5-4-10(8-19-13)9-20-6-2-1-3-11(20)7-12(21)14(16,17)18/h4-5,7-8H,1-3,6,9H2/b11-7+. The van der Waals surface area contributed by atoms with Crippen molar-refractivity contribution in [3.8, 4) is 0 Å². The molecule has 3 nitrogen and oxygen atoms in total. The van der Waals surface area contributed by atoms with Gasteiger partial charge in [0.15, 0.2) is 0 Å². The quantitative estimate of drug-likeness (QED) is 0.629. The molecule has 0 saturated carbocycles. The van der Waals surface area contributed by atoms with E-state index in [9.17, 15) is 18.0 Å². The van der Waals surface area contributed by atoms with Gasteiger partial charge in [-0.05, 0) is 30.9 Å². The van der Waals surface area contributed by atoms with Gasteiger partial charge in [-0.15, -0.1) is 0 Å². The van der Waals surface area contributed by atoms with Crippen molar-refractivity contribution in [3.63, 3.8) is 0 Å². The number of piperidine rings is 1. The molecule has 0 unspecified atom stereocenters. The molecule has 0 N–H and O–H groups in total. The van der Waals surface area contributed by atoms with Crippen molar-refractivity contribution in [1.82, 2.24) is 9.88 Å². The number of halogens is 4. The van der Waals surface area contributed by atoms with E-state index in [1.807, 2.05) is 0 Å². The van der Waals surface area contributed by atoms with Gasteiger partial charge in [0, 0.05) is 31.1 Å². The first-order valence-corrected chi connectivity index (χ1v) is 6.91. The van der Waals surface area contributed by atoms with E-state index in [0.29, 0.717) is 36.4 Å². The maximum absolute atomic E-state index is 12.4. The lowest BCUT2D eigenvalue weighted by atomic mass is 10.0. The first-order valence-electron chi connectivity index (χ1n) is 6.53. The van der Waals surface area contributed by atoms with Crippen molar-refractivity contribution in [2.24, 2.45) is 0 Å². The summed E-state index contributed by atoms with van der Waals surface area (Å²) >= 11 is 5.70. The number of alkyl halides is 3. The summed E-state index contributed by atoms with van der Waals surface area (Å²) in [6, 6.07) is 3.40. The maximum atomic E-state index is 12.4. The van der Waals surface area contributed by atoms with Gasteiger partial charge >= 0.3 is 6.18 Å². The molecule has 7 heteroatoms. The Labute approximate surface area is 125 Å². The van der Waals surface area contributed by atoms with Gasteiger partial charge in [0.05, 0.1) is 0 Å². The summed E-state index contributed by atoms with van der Waals surface area (Å²) < 4.78 is 37.1. The smallest absolute Gasteiger partial charge is 0.370 e. The van der Waals surface area contributed by atoms with Crippen LogP contribution in [0.2, 0.25) is 5.15 Å². The molecule has 2 rings (SSSR count). The highest BCUT2D eigenvalue weighted by Crippen LogP contribution is 2.25. The van der Waals surface area contributed by atoms with Crippen molar-refractivity contribution in [2.45, 2.75) is 32.0 Å². The molecule has 1 fully saturated rings. The zero-order valence-electron chi connectivity index (χ0n) is 11.2. The fraction of sp³-hybridized carbons (Fsp3) is 0.429. The molecule has 0 aliphatic carbocycles. The molecule has 0 radical (unpaired) electrons. The number of likely N-dealkylation sites (tertiary alicyclic amines) is 1. The zero-order valence-corrected chi connectivity index (χ0v) is 11.9. The summed E-state index contributed by atoms with van der Waals surface area (Å²) in [4.78, 5) is 16.8. The van der Waals surface area contributed by atoms with Crippen LogP contribution in [0, 0.1) is 0 Å². The van der Waals surface area contributed by atoms with Crippen LogP contribution in [0.3, 0.4) is 0 Å². The van der Waals surface area contributed by atoms with Crippen LogP contribution in [0.15, 0.2) is 30.1 Å². The largest absolute Gasteiger partial charge is 0.454 e. The lowest BCUT2D eigenvalue weighted by molar-refractivity contribution is -0.165. The van der Waals surface area contributed by atoms with Crippen molar-refractivity contribution < 1.29 is 18.0 Å². The van der Waals surface area contributed by atoms with E-state index in [0.717, 1.165) is 18.4 Å². The SMILES string of the molecule is O=C(/C=C1\CCCCN1Cc1ccc(Cl)nc1)C(F)(F)F. The Balaban J connectivity index is 2.14. The molecular formula is C14H14ClF3N2O. The first-order chi connectivity index (χ1) is 9.86. The second kappa shape index (κ2) is 6.47. The minimum atomic E-state index is -4.82. The minimum absolute atomic E-state index is 0.361. The van der Waals surface area contributed by atoms with E-state index in [-0.39, 0.29) is 0 Å². The van der Waals surface area contributed by atoms with Crippen molar-refractivity contribution in [2.75, 3.05) is 6.54 Å². The van der Waals surface area contributed by atoms with Crippen LogP contribution < -0.4 is 0 Å². The number of hydrogen-bond acceptors (Lipinski definition) is 3. The predicted octanol–water partition coefficient (Wildman–Crippen LogP) is 3.74. The van der Waals surface area contributed by atoms with E-state index in [4.69, 9.17) is 11.6 Å². The van der Waals surface area contributed by atoms with E-state index in [1.54, 1.807) is 23.2 Å². The average molecular weight is 319 g/mol. The highest BCUT2D eigenvalue weighted by Gasteiger charge is 2.37. The molecule has 0 spiro atoms. The zero-order chi connectivity index (χ0) is 15.5. The summed E-state index contributed by atoms with van der Waals surface area (Å²) in [6.45, 7) is 1.04. The summed E-state index contributed by atoms with van der Waals surface area (Å²) in [7, 11) is 0. The lowest BCUT2D eigenvalue weighted by Gasteiger charge is -2.31. The summed E-state index contributed by atoms with van der Waals surface area (Å²) in [6.07, 6.45) is -0.381. The number of ketones is 1. The molecule has 1 saturated heterocycles. The van der Waals surface area contributed by atoms with Crippen molar-refractivity contribution in [1.29, 1.82) is 0 Å². The molecule has 1 aliphatic heterocycles. The fourth-order valence-corrected chi connectivity index (χ4v) is 2.32. The van der Waals surface area contributed by atoms with Crippen LogP contribution in [0.1, 0.15) is 24.8 Å². The van der Waals surface area contributed by atoms with Gasteiger partial charge in [-0.25, -0.2) is 4.98 Å². The van der Waals surface area contributed by atoms with E-state index in [1.165, 1.54) is 0 Å². The molecule has 1 aromatic rings. The van der Waals surface area contributed by atoms with Gasteiger partial charge in [0.2, 0.25) is 0 Å². The molecule has 2 heterocycles. The van der Waals surface area contributed by atoms with Crippen LogP contribution in [-0.4, -0.2) is 28.4 Å². The number of hydrogen-bond donors (Lipinski definition) is 0. The first kappa shape index (κ1) is 15.8. The van der Waals surface area contributed by atoms with Crippen molar-refractivity contribution in [3.05, 3.63) is 40.8 Å². The number of carbonyl (C=O) groups is 1. The molecule has 0 atom stereocenters. The fourth-order valence-electron chi connectivity index (χ4n) is 2.21. The van der Waals surface area contributed by atoms with Crippen LogP contribution in [0.4, 0.5) is 13.2 Å². The van der Waals surface area contributed by atoms with Crippen LogP contribution in [0.25, 0.3) is 0 Å². The minimum Gasteiger partial charge on any atom is -0.370 e. The second-order valence-corrected chi connectivity index (χ2v) is 5.25. The highest BCUT2D eigenvalue weighted by atomic mass is 35.5. The number of pyridine rings is 1. The molecule has 0 bridgehead atoms. The molecule has 0 amide bonds. The third-order valence-electron chi connectivity index (χ3n) is 3.26. The summed E-state index contributed by atoms with van der Waals surface area (Å²) in [5.74, 6) is -1.81. The van der Waals surface area contributed by atoms with Gasteiger partial charge in [0.1, 0.15) is 5.15 Å². The van der Waals surface area contributed by atoms with Gasteiger partial charge in [0.25, 0.3) is 5.78 Å². The number of allylic oxidation sites excluding steroid dienone is 2. The van der Waals surface area contributed by atoms with Crippen LogP contribution >= 0.6 is 11.6 Å². The van der Waals surface area contributed by atoms with Gasteiger partial charge in [-0.2, -0.15) is 13.2 Å². The van der Waals surface area contributed by atoms with E-state index >= 15 is 0 Å². The monoisotopic (exact) mass is 318 g/mol. The lowest BCUT2D eigenvalue weighted by Crippen LogP contribution is -2.30. The third kappa shape index (κ3) is 4.46. The van der Waals surface area contributed by atoms with Crippen molar-refractivity contribution >= 4 is 17.4 Å². The highest BCUT2D eigenvalue weighted by molar-refractivity contribution is 6.29. The molecule has 1 aromatic heterocycles. The molecular weight excluding hydrogens is 305 g/mol. The summed E-state index contributed by atoms with van der Waals surface area (Å²) in [5.41, 5.74) is 1.27. The Morgan fingerprint density at radius 2 is 2.14 bits per heavy atom. The number of carbonyl (C=O) groups excluding carboxylic acids is 1.